The lowest BCUT2D eigenvalue weighted by Gasteiger charge is -2.49. The van der Waals surface area contributed by atoms with Crippen molar-refractivity contribution in [1.29, 1.82) is 0 Å². The number of nitrogens with zero attached hydrogens (tertiary/aromatic N) is 2. The fourth-order valence-corrected chi connectivity index (χ4v) is 5.62. The molecule has 3 aliphatic heterocycles. The summed E-state index contributed by atoms with van der Waals surface area (Å²) < 4.78 is 7.77. The van der Waals surface area contributed by atoms with Gasteiger partial charge in [0.05, 0.1) is 53.4 Å². The number of hydrazone groups is 1. The predicted octanol–water partition coefficient (Wildman–Crippen LogP) is 3.06. The highest BCUT2D eigenvalue weighted by Crippen LogP contribution is 2.49. The van der Waals surface area contributed by atoms with Gasteiger partial charge in [0.15, 0.2) is 0 Å². The summed E-state index contributed by atoms with van der Waals surface area (Å²) in [6.45, 7) is 2.25. The van der Waals surface area contributed by atoms with Gasteiger partial charge in [-0.2, -0.15) is 5.10 Å². The Morgan fingerprint density at radius 3 is 2.80 bits per heavy atom. The topological polar surface area (TPSA) is 29.3 Å². The zero-order valence-corrected chi connectivity index (χ0v) is 16.6. The number of piperidine rings is 1. The summed E-state index contributed by atoms with van der Waals surface area (Å²) in [6, 6.07) is 13.1. The van der Waals surface area contributed by atoms with E-state index >= 15 is 0 Å². The minimum absolute atomic E-state index is 0.283. The average molecular weight is 419 g/mol. The Morgan fingerprint density at radius 2 is 2.04 bits per heavy atom. The number of benzene rings is 1. The molecule has 0 bridgehead atoms. The number of nitrogens with one attached hydrogen (secondary N) is 1. The first-order valence-corrected chi connectivity index (χ1v) is 10.5. The number of hydrogen-bond acceptors (Lipinski definition) is 4. The van der Waals surface area contributed by atoms with E-state index in [1.807, 2.05) is 0 Å². The van der Waals surface area contributed by atoms with E-state index in [2.05, 4.69) is 64.4 Å². The molecule has 0 radical (unpaired) electrons. The van der Waals surface area contributed by atoms with Crippen LogP contribution in [0.4, 0.5) is 0 Å². The van der Waals surface area contributed by atoms with Crippen molar-refractivity contribution in [1.82, 2.24) is 5.01 Å². The van der Waals surface area contributed by atoms with E-state index in [9.17, 15) is 0 Å². The third-order valence-corrected chi connectivity index (χ3v) is 7.32. The van der Waals surface area contributed by atoms with Crippen LogP contribution < -0.4 is 9.64 Å². The first-order chi connectivity index (χ1) is 12.1. The molecular weight excluding hydrogens is 398 g/mol. The standard InChI is InChI=1S/C19H20BrN3OS/c1-22-10-8-19(9-11-22)23-15(13-4-2-3-5-16(13)24-19)12-14(21-23)17-6-7-18(20)25-17/h2-7,15H,8-12H2,1H3/p+1/t15-/m1/s1. The zero-order valence-electron chi connectivity index (χ0n) is 14.2. The molecule has 0 amide bonds. The van der Waals surface area contributed by atoms with Gasteiger partial charge in [-0.05, 0) is 34.1 Å². The number of likely N-dealkylation sites (tertiary alicyclic amines) is 1. The molecule has 0 aliphatic carbocycles. The predicted molar refractivity (Wildman–Crippen MR) is 103 cm³/mol. The monoisotopic (exact) mass is 418 g/mol. The van der Waals surface area contributed by atoms with Crippen molar-refractivity contribution < 1.29 is 9.64 Å². The van der Waals surface area contributed by atoms with Crippen LogP contribution in [0, 0.1) is 0 Å². The number of halogens is 1. The Balaban J connectivity index is 1.58. The van der Waals surface area contributed by atoms with Gasteiger partial charge < -0.3 is 9.64 Å². The Kier molecular flexibility index (Phi) is 3.69. The van der Waals surface area contributed by atoms with Gasteiger partial charge in [0.2, 0.25) is 5.72 Å². The molecule has 1 aromatic heterocycles. The van der Waals surface area contributed by atoms with Gasteiger partial charge in [0.25, 0.3) is 0 Å². The lowest BCUT2D eigenvalue weighted by molar-refractivity contribution is -0.888. The summed E-state index contributed by atoms with van der Waals surface area (Å²) in [5.74, 6) is 1.05. The van der Waals surface area contributed by atoms with Crippen molar-refractivity contribution in [3.63, 3.8) is 0 Å². The second-order valence-corrected chi connectivity index (χ2v) is 9.72. The normalized spacial score (nSPS) is 30.6. The van der Waals surface area contributed by atoms with Gasteiger partial charge in [-0.3, -0.25) is 0 Å². The number of fused-ring (bicyclic) bond motifs is 4. The Hall–Kier alpha value is -1.37. The summed E-state index contributed by atoms with van der Waals surface area (Å²) >= 11 is 5.34. The molecule has 1 atom stereocenters. The molecule has 5 rings (SSSR count). The van der Waals surface area contributed by atoms with Crippen LogP contribution in [0.15, 0.2) is 45.3 Å². The number of thiophene rings is 1. The van der Waals surface area contributed by atoms with Crippen LogP contribution in [-0.2, 0) is 0 Å². The average Bonchev–Trinajstić information content (AvgIpc) is 3.25. The molecular formula is C19H21BrN3OS+. The van der Waals surface area contributed by atoms with Crippen molar-refractivity contribution in [2.75, 3.05) is 20.1 Å². The summed E-state index contributed by atoms with van der Waals surface area (Å²) in [5, 5.41) is 7.40. The number of para-hydroxylation sites is 1. The first-order valence-electron chi connectivity index (χ1n) is 8.86. The van der Waals surface area contributed by atoms with Crippen LogP contribution in [0.2, 0.25) is 0 Å². The molecule has 1 N–H and O–H groups in total. The SMILES string of the molecule is C[NH+]1CCC2(CC1)Oc1ccccc1[C@H]1CC(c3ccc(Br)s3)=NN12. The minimum Gasteiger partial charge on any atom is -0.466 e. The summed E-state index contributed by atoms with van der Waals surface area (Å²) in [6.07, 6.45) is 3.00. The second-order valence-electron chi connectivity index (χ2n) is 7.26. The molecule has 6 heteroatoms. The third kappa shape index (κ3) is 2.54. The summed E-state index contributed by atoms with van der Waals surface area (Å²) in [7, 11) is 2.27. The zero-order chi connectivity index (χ0) is 17.0. The summed E-state index contributed by atoms with van der Waals surface area (Å²) in [5.41, 5.74) is 2.18. The molecule has 4 heterocycles. The van der Waals surface area contributed by atoms with E-state index in [0.29, 0.717) is 6.04 Å². The van der Waals surface area contributed by atoms with Crippen LogP contribution in [0.1, 0.15) is 35.7 Å². The number of ether oxygens (including phenoxy) is 1. The van der Waals surface area contributed by atoms with Crippen molar-refractivity contribution in [3.8, 4) is 5.75 Å². The lowest BCUT2D eigenvalue weighted by Crippen LogP contribution is -3.11. The first kappa shape index (κ1) is 15.9. The van der Waals surface area contributed by atoms with Crippen LogP contribution in [0.25, 0.3) is 0 Å². The Bertz CT molecular complexity index is 841. The van der Waals surface area contributed by atoms with E-state index < -0.39 is 0 Å². The van der Waals surface area contributed by atoms with Crippen LogP contribution >= 0.6 is 27.3 Å². The Morgan fingerprint density at radius 1 is 1.24 bits per heavy atom. The highest BCUT2D eigenvalue weighted by molar-refractivity contribution is 9.11. The molecule has 2 aromatic rings. The molecule has 130 valence electrons. The van der Waals surface area contributed by atoms with E-state index in [4.69, 9.17) is 9.84 Å². The maximum absolute atomic E-state index is 6.61. The fraction of sp³-hybridized carbons (Fsp3) is 0.421. The van der Waals surface area contributed by atoms with Crippen LogP contribution in [-0.4, -0.2) is 36.6 Å². The molecule has 1 saturated heterocycles. The van der Waals surface area contributed by atoms with Crippen LogP contribution in [0.5, 0.6) is 5.75 Å². The van der Waals surface area contributed by atoms with Gasteiger partial charge in [-0.15, -0.1) is 11.3 Å². The molecule has 1 spiro atoms. The number of hydrogen-bond donors (Lipinski definition) is 1. The van der Waals surface area contributed by atoms with Crippen molar-refractivity contribution >= 4 is 33.0 Å². The maximum atomic E-state index is 6.61. The van der Waals surface area contributed by atoms with Crippen molar-refractivity contribution in [2.45, 2.75) is 31.0 Å². The lowest BCUT2D eigenvalue weighted by atomic mass is 9.91. The fourth-order valence-electron chi connectivity index (χ4n) is 4.25. The van der Waals surface area contributed by atoms with Crippen molar-refractivity contribution in [2.24, 2.45) is 5.10 Å². The number of rotatable bonds is 1. The Labute approximate surface area is 160 Å². The van der Waals surface area contributed by atoms with Gasteiger partial charge in [-0.25, -0.2) is 5.01 Å². The maximum Gasteiger partial charge on any atom is 0.208 e. The van der Waals surface area contributed by atoms with E-state index in [1.165, 1.54) is 16.2 Å². The van der Waals surface area contributed by atoms with Crippen LogP contribution in [0.3, 0.4) is 0 Å². The molecule has 1 fully saturated rings. The van der Waals surface area contributed by atoms with Crippen molar-refractivity contribution in [3.05, 3.63) is 50.6 Å². The quantitative estimate of drug-likeness (QED) is 0.770. The molecule has 3 aliphatic rings. The van der Waals surface area contributed by atoms with E-state index in [1.54, 1.807) is 16.2 Å². The molecule has 0 unspecified atom stereocenters. The van der Waals surface area contributed by atoms with E-state index in [-0.39, 0.29) is 5.72 Å². The second kappa shape index (κ2) is 5.83. The van der Waals surface area contributed by atoms with Gasteiger partial charge in [0.1, 0.15) is 5.75 Å². The molecule has 0 saturated carbocycles. The third-order valence-electron chi connectivity index (χ3n) is 5.65. The molecule has 25 heavy (non-hydrogen) atoms. The van der Waals surface area contributed by atoms with Gasteiger partial charge in [0, 0.05) is 12.0 Å². The number of quaternary nitrogens is 1. The molecule has 4 nitrogen and oxygen atoms in total. The highest BCUT2D eigenvalue weighted by atomic mass is 79.9. The smallest absolute Gasteiger partial charge is 0.208 e. The van der Waals surface area contributed by atoms with Gasteiger partial charge in [-0.1, -0.05) is 18.2 Å². The molecule has 1 aromatic carbocycles. The summed E-state index contributed by atoms with van der Waals surface area (Å²) in [4.78, 5) is 2.84. The largest absolute Gasteiger partial charge is 0.466 e. The minimum atomic E-state index is -0.283. The van der Waals surface area contributed by atoms with Gasteiger partial charge >= 0.3 is 0 Å². The highest BCUT2D eigenvalue weighted by Gasteiger charge is 2.52. The van der Waals surface area contributed by atoms with E-state index in [0.717, 1.165) is 41.9 Å².